The molecule has 126 valence electrons. The number of hydrogen-bond acceptors (Lipinski definition) is 4. The zero-order chi connectivity index (χ0) is 16.2. The third-order valence-electron chi connectivity index (χ3n) is 5.84. The van der Waals surface area contributed by atoms with E-state index in [-0.39, 0.29) is 24.2 Å². The number of nitrogens with zero attached hydrogens (tertiary/aromatic N) is 1. The van der Waals surface area contributed by atoms with Gasteiger partial charge in [0.25, 0.3) is 5.91 Å². The molecule has 2 atom stereocenters. The minimum atomic E-state index is -0.0679. The maximum atomic E-state index is 12.6. The van der Waals surface area contributed by atoms with E-state index in [4.69, 9.17) is 9.84 Å². The third kappa shape index (κ3) is 2.48. The summed E-state index contributed by atoms with van der Waals surface area (Å²) >= 11 is 0. The van der Waals surface area contributed by atoms with Gasteiger partial charge in [-0.2, -0.15) is 5.10 Å². The summed E-state index contributed by atoms with van der Waals surface area (Å²) in [4.78, 5) is 12.6. The van der Waals surface area contributed by atoms with Crippen LogP contribution in [0.2, 0.25) is 0 Å². The van der Waals surface area contributed by atoms with Gasteiger partial charge in [0.2, 0.25) is 0 Å². The topological polar surface area (TPSA) is 87.2 Å². The highest BCUT2D eigenvalue weighted by Gasteiger charge is 2.52. The zero-order valence-corrected chi connectivity index (χ0v) is 13.8. The van der Waals surface area contributed by atoms with E-state index in [2.05, 4.69) is 15.5 Å². The lowest BCUT2D eigenvalue weighted by Gasteiger charge is -2.57. The number of H-pyrrole nitrogens is 1. The quantitative estimate of drug-likeness (QED) is 0.791. The van der Waals surface area contributed by atoms with Crippen LogP contribution in [0.4, 0.5) is 0 Å². The number of carbonyl (C=O) groups is 1. The molecular formula is C17H25N3O3. The lowest BCUT2D eigenvalue weighted by Crippen LogP contribution is -2.56. The summed E-state index contributed by atoms with van der Waals surface area (Å²) in [6.07, 6.45) is 5.10. The van der Waals surface area contributed by atoms with Crippen molar-refractivity contribution >= 4 is 5.91 Å². The van der Waals surface area contributed by atoms with Gasteiger partial charge in [-0.25, -0.2) is 0 Å². The highest BCUT2D eigenvalue weighted by atomic mass is 16.5. The van der Waals surface area contributed by atoms with Crippen molar-refractivity contribution in [3.05, 3.63) is 17.0 Å². The molecule has 6 nitrogen and oxygen atoms in total. The highest BCUT2D eigenvalue weighted by molar-refractivity contribution is 5.94. The molecule has 3 N–H and O–H groups in total. The Morgan fingerprint density at radius 1 is 1.39 bits per heavy atom. The summed E-state index contributed by atoms with van der Waals surface area (Å²) in [6, 6.07) is 0.254. The first-order valence-electron chi connectivity index (χ1n) is 8.64. The van der Waals surface area contributed by atoms with Gasteiger partial charge in [-0.3, -0.25) is 9.89 Å². The van der Waals surface area contributed by atoms with Crippen molar-refractivity contribution in [2.24, 2.45) is 11.3 Å². The monoisotopic (exact) mass is 319 g/mol. The Labute approximate surface area is 136 Å². The number of hydrogen-bond donors (Lipinski definition) is 3. The number of nitrogens with one attached hydrogen (secondary N) is 2. The molecular weight excluding hydrogens is 294 g/mol. The van der Waals surface area contributed by atoms with Crippen molar-refractivity contribution < 1.29 is 14.6 Å². The van der Waals surface area contributed by atoms with Crippen molar-refractivity contribution in [3.8, 4) is 0 Å². The average molecular weight is 319 g/mol. The fourth-order valence-corrected chi connectivity index (χ4v) is 4.83. The first kappa shape index (κ1) is 15.1. The number of rotatable bonds is 3. The lowest BCUT2D eigenvalue weighted by molar-refractivity contribution is -0.0644. The molecule has 1 aliphatic heterocycles. The molecule has 4 rings (SSSR count). The van der Waals surface area contributed by atoms with Crippen LogP contribution in [0.15, 0.2) is 0 Å². The number of carbonyl (C=O) groups excluding carboxylic acids is 1. The van der Waals surface area contributed by atoms with Crippen LogP contribution in [0.3, 0.4) is 0 Å². The van der Waals surface area contributed by atoms with Crippen molar-refractivity contribution in [1.29, 1.82) is 0 Å². The Morgan fingerprint density at radius 2 is 2.13 bits per heavy atom. The van der Waals surface area contributed by atoms with Gasteiger partial charge in [0.1, 0.15) is 0 Å². The van der Waals surface area contributed by atoms with Gasteiger partial charge < -0.3 is 15.2 Å². The number of fused-ring (bicyclic) bond motifs is 1. The third-order valence-corrected chi connectivity index (χ3v) is 5.84. The Balaban J connectivity index is 1.38. The van der Waals surface area contributed by atoms with E-state index >= 15 is 0 Å². The molecule has 0 radical (unpaired) electrons. The predicted octanol–water partition coefficient (Wildman–Crippen LogP) is 1.71. The van der Waals surface area contributed by atoms with Crippen LogP contribution >= 0.6 is 0 Å². The zero-order valence-electron chi connectivity index (χ0n) is 13.8. The van der Waals surface area contributed by atoms with E-state index in [0.29, 0.717) is 23.6 Å². The van der Waals surface area contributed by atoms with E-state index < -0.39 is 0 Å². The van der Waals surface area contributed by atoms with Crippen LogP contribution in [-0.2, 0) is 11.2 Å². The second kappa shape index (κ2) is 5.31. The molecule has 0 unspecified atom stereocenters. The maximum absolute atomic E-state index is 12.6. The minimum Gasteiger partial charge on any atom is -0.396 e. The number of ether oxygens (including phenoxy) is 1. The highest BCUT2D eigenvalue weighted by Crippen LogP contribution is 2.58. The van der Waals surface area contributed by atoms with E-state index in [1.165, 1.54) is 0 Å². The van der Waals surface area contributed by atoms with Gasteiger partial charge in [-0.15, -0.1) is 0 Å². The molecule has 0 saturated heterocycles. The number of aromatic nitrogens is 2. The molecule has 1 amide bonds. The van der Waals surface area contributed by atoms with Crippen LogP contribution < -0.4 is 5.32 Å². The van der Waals surface area contributed by atoms with Crippen molar-refractivity contribution in [1.82, 2.24) is 15.5 Å². The molecule has 0 bridgehead atoms. The predicted molar refractivity (Wildman–Crippen MR) is 84.0 cm³/mol. The van der Waals surface area contributed by atoms with Gasteiger partial charge in [-0.1, -0.05) is 0 Å². The molecule has 1 aromatic heterocycles. The minimum absolute atomic E-state index is 0.0415. The molecule has 2 saturated carbocycles. The van der Waals surface area contributed by atoms with Crippen molar-refractivity contribution in [3.63, 3.8) is 0 Å². The molecule has 0 aromatic carbocycles. The van der Waals surface area contributed by atoms with E-state index in [1.54, 1.807) is 0 Å². The Hall–Kier alpha value is -1.40. The lowest BCUT2D eigenvalue weighted by atomic mass is 9.50. The smallest absolute Gasteiger partial charge is 0.272 e. The normalized spacial score (nSPS) is 38.6. The van der Waals surface area contributed by atoms with E-state index in [0.717, 1.165) is 43.4 Å². The molecule has 1 aromatic rings. The SMILES string of the molecule is C[C@@H]1Cc2c(C(=O)NC3CC4(CC(CO)C4)C3)n[nH]c2[C@H](C)O1. The summed E-state index contributed by atoms with van der Waals surface area (Å²) in [5.74, 6) is 0.412. The summed E-state index contributed by atoms with van der Waals surface area (Å²) in [7, 11) is 0. The summed E-state index contributed by atoms with van der Waals surface area (Å²) in [6.45, 7) is 4.31. The molecule has 23 heavy (non-hydrogen) atoms. The molecule has 2 heterocycles. The van der Waals surface area contributed by atoms with Crippen LogP contribution in [0.25, 0.3) is 0 Å². The first-order chi connectivity index (χ1) is 11.0. The number of aliphatic hydroxyl groups is 1. The van der Waals surface area contributed by atoms with Crippen LogP contribution in [0.1, 0.15) is 67.4 Å². The first-order valence-corrected chi connectivity index (χ1v) is 8.64. The standard InChI is InChI=1S/C17H25N3O3/c1-9-3-13-14(10(2)23-9)19-20-15(13)16(22)18-12-6-17(7-12)4-11(5-17)8-21/h9-12,21H,3-8H2,1-2H3,(H,18,22)(H,19,20)/t9-,10+,11?,12?,17?/m1/s1. The fraction of sp³-hybridized carbons (Fsp3) is 0.765. The van der Waals surface area contributed by atoms with Gasteiger partial charge in [0.05, 0.1) is 17.9 Å². The van der Waals surface area contributed by atoms with Crippen LogP contribution in [0, 0.1) is 11.3 Å². The van der Waals surface area contributed by atoms with Crippen LogP contribution in [-0.4, -0.2) is 40.0 Å². The van der Waals surface area contributed by atoms with Gasteiger partial charge in [0, 0.05) is 24.6 Å². The molecule has 2 fully saturated rings. The second-order valence-corrected chi connectivity index (χ2v) is 7.79. The Bertz CT molecular complexity index is 613. The van der Waals surface area contributed by atoms with Crippen molar-refractivity contribution in [2.75, 3.05) is 6.61 Å². The Morgan fingerprint density at radius 3 is 2.83 bits per heavy atom. The molecule has 1 spiro atoms. The van der Waals surface area contributed by atoms with Gasteiger partial charge in [0.15, 0.2) is 5.69 Å². The Kier molecular flexibility index (Phi) is 3.50. The summed E-state index contributed by atoms with van der Waals surface area (Å²) < 4.78 is 5.77. The van der Waals surface area contributed by atoms with Gasteiger partial charge in [-0.05, 0) is 50.9 Å². The maximum Gasteiger partial charge on any atom is 0.272 e. The van der Waals surface area contributed by atoms with Crippen LogP contribution in [0.5, 0.6) is 0 Å². The largest absolute Gasteiger partial charge is 0.396 e. The summed E-state index contributed by atoms with van der Waals surface area (Å²) in [5, 5.41) is 19.5. The second-order valence-electron chi connectivity index (χ2n) is 7.79. The van der Waals surface area contributed by atoms with Crippen molar-refractivity contribution in [2.45, 2.75) is 64.2 Å². The number of aromatic amines is 1. The number of amides is 1. The fourth-order valence-electron chi connectivity index (χ4n) is 4.83. The van der Waals surface area contributed by atoms with E-state index in [9.17, 15) is 4.79 Å². The molecule has 6 heteroatoms. The number of aliphatic hydroxyl groups excluding tert-OH is 1. The van der Waals surface area contributed by atoms with E-state index in [1.807, 2.05) is 13.8 Å². The summed E-state index contributed by atoms with van der Waals surface area (Å²) in [5.41, 5.74) is 2.87. The average Bonchev–Trinajstić information content (AvgIpc) is 2.83. The molecule has 2 aliphatic carbocycles. The van der Waals surface area contributed by atoms with Gasteiger partial charge >= 0.3 is 0 Å². The molecule has 3 aliphatic rings.